The smallest absolute Gasteiger partial charge is 0.164 e. The third kappa shape index (κ3) is 3.39. The number of fused-ring (bicyclic) bond motifs is 1. The predicted molar refractivity (Wildman–Crippen MR) is 92.8 cm³/mol. The molecule has 1 aromatic carbocycles. The summed E-state index contributed by atoms with van der Waals surface area (Å²) in [6.45, 7) is 6.98. The van der Waals surface area contributed by atoms with Crippen LogP contribution in [0.25, 0.3) is 17.2 Å². The maximum atomic E-state index is 4.51. The third-order valence-corrected chi connectivity index (χ3v) is 3.88. The van der Waals surface area contributed by atoms with E-state index >= 15 is 0 Å². The molecule has 0 spiro atoms. The monoisotopic (exact) mass is 307 g/mol. The second-order valence-corrected chi connectivity index (χ2v) is 5.33. The van der Waals surface area contributed by atoms with Crippen LogP contribution < -0.4 is 0 Å². The molecule has 0 bridgehead atoms. The van der Waals surface area contributed by atoms with Gasteiger partial charge in [-0.3, -0.25) is 0 Å². The highest BCUT2D eigenvalue weighted by Gasteiger charge is 2.08. The molecular formula is C18H21N5. The van der Waals surface area contributed by atoms with E-state index in [1.807, 2.05) is 30.6 Å². The van der Waals surface area contributed by atoms with E-state index in [9.17, 15) is 0 Å². The van der Waals surface area contributed by atoms with Crippen LogP contribution in [0.5, 0.6) is 0 Å². The van der Waals surface area contributed by atoms with Crippen molar-refractivity contribution in [1.29, 1.82) is 0 Å². The van der Waals surface area contributed by atoms with Crippen LogP contribution in [-0.4, -0.2) is 37.5 Å². The summed E-state index contributed by atoms with van der Waals surface area (Å²) in [4.78, 5) is 15.5. The molecule has 2 aromatic heterocycles. The Kier molecular flexibility index (Phi) is 4.66. The zero-order valence-corrected chi connectivity index (χ0v) is 13.6. The Hall–Kier alpha value is -2.69. The van der Waals surface area contributed by atoms with Gasteiger partial charge in [-0.05, 0) is 25.5 Å². The SMILES string of the molecule is CCN(C=Cc1ncnc2c1ncn2Cc1ccccc1)CC. The minimum Gasteiger partial charge on any atom is -0.378 e. The Balaban J connectivity index is 1.91. The molecule has 2 heterocycles. The lowest BCUT2D eigenvalue weighted by Gasteiger charge is -2.14. The van der Waals surface area contributed by atoms with Gasteiger partial charge in [0.25, 0.3) is 0 Å². The van der Waals surface area contributed by atoms with Crippen LogP contribution in [-0.2, 0) is 6.54 Å². The first-order valence-electron chi connectivity index (χ1n) is 7.93. The number of hydrogen-bond acceptors (Lipinski definition) is 4. The van der Waals surface area contributed by atoms with E-state index in [1.54, 1.807) is 6.33 Å². The highest BCUT2D eigenvalue weighted by Crippen LogP contribution is 2.16. The number of rotatable bonds is 6. The van der Waals surface area contributed by atoms with Gasteiger partial charge in [0.1, 0.15) is 11.8 Å². The molecule has 0 fully saturated rings. The van der Waals surface area contributed by atoms with Crippen LogP contribution in [0.1, 0.15) is 25.1 Å². The van der Waals surface area contributed by atoms with Crippen molar-refractivity contribution in [2.75, 3.05) is 13.1 Å². The van der Waals surface area contributed by atoms with E-state index in [1.165, 1.54) is 5.56 Å². The Morgan fingerprint density at radius 1 is 1.04 bits per heavy atom. The highest BCUT2D eigenvalue weighted by molar-refractivity contribution is 5.79. The lowest BCUT2D eigenvalue weighted by atomic mass is 10.2. The summed E-state index contributed by atoms with van der Waals surface area (Å²) in [6, 6.07) is 10.3. The first kappa shape index (κ1) is 15.2. The molecule has 0 amide bonds. The molecule has 0 radical (unpaired) electrons. The van der Waals surface area contributed by atoms with Crippen molar-refractivity contribution in [3.8, 4) is 0 Å². The molecule has 0 atom stereocenters. The first-order chi connectivity index (χ1) is 11.3. The molecular weight excluding hydrogens is 286 g/mol. The normalized spacial score (nSPS) is 11.4. The van der Waals surface area contributed by atoms with Gasteiger partial charge in [-0.25, -0.2) is 15.0 Å². The lowest BCUT2D eigenvalue weighted by Crippen LogP contribution is -2.15. The van der Waals surface area contributed by atoms with Gasteiger partial charge in [0.2, 0.25) is 0 Å². The summed E-state index contributed by atoms with van der Waals surface area (Å²) in [5, 5.41) is 0. The lowest BCUT2D eigenvalue weighted by molar-refractivity contribution is 0.421. The summed E-state index contributed by atoms with van der Waals surface area (Å²) in [7, 11) is 0. The zero-order valence-electron chi connectivity index (χ0n) is 13.6. The Bertz CT molecular complexity index is 788. The topological polar surface area (TPSA) is 46.8 Å². The Labute approximate surface area is 136 Å². The average molecular weight is 307 g/mol. The molecule has 3 rings (SSSR count). The third-order valence-electron chi connectivity index (χ3n) is 3.88. The van der Waals surface area contributed by atoms with Gasteiger partial charge in [0.15, 0.2) is 5.65 Å². The fraction of sp³-hybridized carbons (Fsp3) is 0.278. The largest absolute Gasteiger partial charge is 0.378 e. The number of aromatic nitrogens is 4. The molecule has 0 saturated carbocycles. The van der Waals surface area contributed by atoms with Crippen LogP contribution in [0.4, 0.5) is 0 Å². The van der Waals surface area contributed by atoms with Crippen LogP contribution in [0.15, 0.2) is 49.2 Å². The fourth-order valence-electron chi connectivity index (χ4n) is 2.53. The summed E-state index contributed by atoms with van der Waals surface area (Å²) < 4.78 is 2.06. The van der Waals surface area contributed by atoms with Crippen molar-refractivity contribution in [3.05, 3.63) is 60.4 Å². The molecule has 0 aliphatic carbocycles. The number of hydrogen-bond donors (Lipinski definition) is 0. The zero-order chi connectivity index (χ0) is 16.1. The van der Waals surface area contributed by atoms with Crippen molar-refractivity contribution >= 4 is 17.2 Å². The number of nitrogens with zero attached hydrogens (tertiary/aromatic N) is 5. The first-order valence-corrected chi connectivity index (χ1v) is 7.93. The van der Waals surface area contributed by atoms with Crippen LogP contribution in [0.3, 0.4) is 0 Å². The van der Waals surface area contributed by atoms with Gasteiger partial charge < -0.3 is 9.47 Å². The van der Waals surface area contributed by atoms with Gasteiger partial charge >= 0.3 is 0 Å². The molecule has 0 aliphatic heterocycles. The van der Waals surface area contributed by atoms with E-state index in [2.05, 4.69) is 56.6 Å². The van der Waals surface area contributed by atoms with Gasteiger partial charge in [-0.2, -0.15) is 0 Å². The molecule has 23 heavy (non-hydrogen) atoms. The predicted octanol–water partition coefficient (Wildman–Crippen LogP) is 3.19. The second kappa shape index (κ2) is 7.05. The van der Waals surface area contributed by atoms with Crippen molar-refractivity contribution in [2.45, 2.75) is 20.4 Å². The molecule has 0 unspecified atom stereocenters. The summed E-state index contributed by atoms with van der Waals surface area (Å²) in [6.07, 6.45) is 7.52. The molecule has 0 aliphatic rings. The molecule has 0 saturated heterocycles. The molecule has 118 valence electrons. The summed E-state index contributed by atoms with van der Waals surface area (Å²) >= 11 is 0. The van der Waals surface area contributed by atoms with Gasteiger partial charge in [-0.1, -0.05) is 30.3 Å². The van der Waals surface area contributed by atoms with Crippen molar-refractivity contribution in [3.63, 3.8) is 0 Å². The van der Waals surface area contributed by atoms with E-state index in [0.29, 0.717) is 0 Å². The van der Waals surface area contributed by atoms with Crippen LogP contribution >= 0.6 is 0 Å². The van der Waals surface area contributed by atoms with Crippen molar-refractivity contribution in [1.82, 2.24) is 24.4 Å². The van der Waals surface area contributed by atoms with Crippen molar-refractivity contribution in [2.24, 2.45) is 0 Å². The van der Waals surface area contributed by atoms with E-state index < -0.39 is 0 Å². The maximum absolute atomic E-state index is 4.51. The second-order valence-electron chi connectivity index (χ2n) is 5.33. The molecule has 5 nitrogen and oxygen atoms in total. The van der Waals surface area contributed by atoms with Gasteiger partial charge in [-0.15, -0.1) is 0 Å². The Morgan fingerprint density at radius 2 is 1.83 bits per heavy atom. The average Bonchev–Trinajstić information content (AvgIpc) is 3.00. The van der Waals surface area contributed by atoms with Crippen LogP contribution in [0, 0.1) is 0 Å². The fourth-order valence-corrected chi connectivity index (χ4v) is 2.53. The molecule has 5 heteroatoms. The van der Waals surface area contributed by atoms with E-state index in [4.69, 9.17) is 0 Å². The maximum Gasteiger partial charge on any atom is 0.164 e. The number of benzene rings is 1. The minimum atomic E-state index is 0.757. The van der Waals surface area contributed by atoms with Gasteiger partial charge in [0.05, 0.1) is 18.6 Å². The minimum absolute atomic E-state index is 0.757. The highest BCUT2D eigenvalue weighted by atomic mass is 15.1. The molecule has 3 aromatic rings. The van der Waals surface area contributed by atoms with Crippen molar-refractivity contribution < 1.29 is 0 Å². The Morgan fingerprint density at radius 3 is 2.57 bits per heavy atom. The standard InChI is InChI=1S/C18H21N5/c1-3-22(4-2)11-10-16-17-18(20-13-19-16)23(14-21-17)12-15-8-6-5-7-9-15/h5-11,13-14H,3-4,12H2,1-2H3. The quantitative estimate of drug-likeness (QED) is 0.701. The summed E-state index contributed by atoms with van der Waals surface area (Å²) in [5.74, 6) is 0. The van der Waals surface area contributed by atoms with E-state index in [0.717, 1.165) is 36.5 Å². The summed E-state index contributed by atoms with van der Waals surface area (Å²) in [5.41, 5.74) is 3.79. The number of imidazole rings is 1. The molecule has 0 N–H and O–H groups in total. The van der Waals surface area contributed by atoms with Gasteiger partial charge in [0, 0.05) is 19.3 Å². The van der Waals surface area contributed by atoms with Crippen LogP contribution in [0.2, 0.25) is 0 Å². The van der Waals surface area contributed by atoms with E-state index in [-0.39, 0.29) is 0 Å².